The maximum Gasteiger partial charge on any atom is 0.409 e. The van der Waals surface area contributed by atoms with Crippen LogP contribution in [0.4, 0.5) is 4.79 Å². The van der Waals surface area contributed by atoms with Crippen molar-refractivity contribution in [3.05, 3.63) is 0 Å². The Bertz CT molecular complexity index is 530. The van der Waals surface area contributed by atoms with Crippen molar-refractivity contribution in [2.45, 2.75) is 27.2 Å². The lowest BCUT2D eigenvalue weighted by molar-refractivity contribution is 0.0914. The number of rotatable bonds is 8. The van der Waals surface area contributed by atoms with E-state index in [4.69, 9.17) is 4.74 Å². The average Bonchev–Trinajstić information content (AvgIpc) is 2.61. The van der Waals surface area contributed by atoms with Crippen LogP contribution in [0, 0.1) is 0 Å². The molecular formula is C15H31N5O4S. The summed E-state index contributed by atoms with van der Waals surface area (Å²) < 4.78 is 30.3. The van der Waals surface area contributed by atoms with Crippen LogP contribution in [-0.2, 0) is 14.8 Å². The molecule has 146 valence electrons. The second-order valence-electron chi connectivity index (χ2n) is 5.56. The third kappa shape index (κ3) is 7.91. The van der Waals surface area contributed by atoms with Crippen LogP contribution in [0.1, 0.15) is 27.2 Å². The lowest BCUT2D eigenvalue weighted by Gasteiger charge is -2.35. The monoisotopic (exact) mass is 377 g/mol. The first kappa shape index (κ1) is 21.5. The van der Waals surface area contributed by atoms with Gasteiger partial charge in [0.2, 0.25) is 10.0 Å². The van der Waals surface area contributed by atoms with E-state index in [-0.39, 0.29) is 11.8 Å². The number of hydrogen-bond donors (Lipinski definition) is 2. The highest BCUT2D eigenvalue weighted by Gasteiger charge is 2.23. The predicted molar refractivity (Wildman–Crippen MR) is 98.2 cm³/mol. The number of nitrogens with zero attached hydrogens (tertiary/aromatic N) is 3. The van der Waals surface area contributed by atoms with E-state index in [0.717, 1.165) is 12.5 Å². The summed E-state index contributed by atoms with van der Waals surface area (Å²) in [6, 6.07) is 0. The summed E-state index contributed by atoms with van der Waals surface area (Å²) in [5.74, 6) is 0.883. The van der Waals surface area contributed by atoms with E-state index in [9.17, 15) is 13.2 Å². The Hall–Kier alpha value is -1.55. The molecule has 2 N–H and O–H groups in total. The Kier molecular flexibility index (Phi) is 9.58. The van der Waals surface area contributed by atoms with Crippen LogP contribution in [0.2, 0.25) is 0 Å². The summed E-state index contributed by atoms with van der Waals surface area (Å²) in [7, 11) is -3.14. The number of piperazine rings is 1. The number of ether oxygens (including phenoxy) is 1. The highest BCUT2D eigenvalue weighted by Crippen LogP contribution is 2.04. The predicted octanol–water partition coefficient (Wildman–Crippen LogP) is 0.0554. The summed E-state index contributed by atoms with van der Waals surface area (Å²) in [5, 5.41) is 3.24. The number of carbonyl (C=O) groups excluding carboxylic acids is 1. The smallest absolute Gasteiger partial charge is 0.409 e. The molecule has 0 aromatic carbocycles. The Morgan fingerprint density at radius 3 is 2.32 bits per heavy atom. The van der Waals surface area contributed by atoms with Crippen molar-refractivity contribution in [2.75, 3.05) is 58.2 Å². The fourth-order valence-electron chi connectivity index (χ4n) is 2.34. The highest BCUT2D eigenvalue weighted by molar-refractivity contribution is 7.89. The maximum atomic E-state index is 11.7. The van der Waals surface area contributed by atoms with E-state index >= 15 is 0 Å². The molecular weight excluding hydrogens is 346 g/mol. The van der Waals surface area contributed by atoms with Crippen LogP contribution in [0.25, 0.3) is 0 Å². The van der Waals surface area contributed by atoms with Crippen molar-refractivity contribution >= 4 is 22.1 Å². The molecule has 0 atom stereocenters. The molecule has 1 aliphatic heterocycles. The van der Waals surface area contributed by atoms with Crippen LogP contribution in [0.3, 0.4) is 0 Å². The second kappa shape index (κ2) is 11.1. The number of aliphatic imine (C=N–C) groups is 1. The van der Waals surface area contributed by atoms with Crippen molar-refractivity contribution < 1.29 is 17.9 Å². The number of sulfonamides is 1. The van der Waals surface area contributed by atoms with E-state index in [1.807, 2.05) is 6.92 Å². The largest absolute Gasteiger partial charge is 0.450 e. The molecule has 0 bridgehead atoms. The van der Waals surface area contributed by atoms with E-state index in [2.05, 4.69) is 19.9 Å². The van der Waals surface area contributed by atoms with E-state index in [0.29, 0.717) is 52.3 Å². The van der Waals surface area contributed by atoms with Gasteiger partial charge in [0.15, 0.2) is 5.96 Å². The zero-order valence-electron chi connectivity index (χ0n) is 15.5. The quantitative estimate of drug-likeness (QED) is 0.352. The summed E-state index contributed by atoms with van der Waals surface area (Å²) >= 11 is 0. The molecule has 0 saturated carbocycles. The van der Waals surface area contributed by atoms with Gasteiger partial charge in [-0.3, -0.25) is 4.99 Å². The molecule has 10 heteroatoms. The van der Waals surface area contributed by atoms with Gasteiger partial charge in [-0.15, -0.1) is 0 Å². The zero-order chi connectivity index (χ0) is 18.7. The van der Waals surface area contributed by atoms with Crippen LogP contribution in [0.15, 0.2) is 4.99 Å². The highest BCUT2D eigenvalue weighted by atomic mass is 32.2. The summed E-state index contributed by atoms with van der Waals surface area (Å²) in [4.78, 5) is 20.1. The van der Waals surface area contributed by atoms with Crippen LogP contribution in [0.5, 0.6) is 0 Å². The molecule has 0 unspecified atom stereocenters. The van der Waals surface area contributed by atoms with E-state index in [1.54, 1.807) is 18.7 Å². The normalized spacial score (nSPS) is 16.0. The van der Waals surface area contributed by atoms with Crippen LogP contribution in [-0.4, -0.2) is 88.4 Å². The van der Waals surface area contributed by atoms with Gasteiger partial charge in [-0.1, -0.05) is 0 Å². The van der Waals surface area contributed by atoms with Crippen molar-refractivity contribution in [3.63, 3.8) is 0 Å². The lowest BCUT2D eigenvalue weighted by Crippen LogP contribution is -2.54. The first-order valence-electron chi connectivity index (χ1n) is 8.85. The van der Waals surface area contributed by atoms with Gasteiger partial charge in [-0.25, -0.2) is 17.9 Å². The molecule has 1 fully saturated rings. The van der Waals surface area contributed by atoms with Gasteiger partial charge in [0, 0.05) is 45.8 Å². The van der Waals surface area contributed by atoms with Gasteiger partial charge >= 0.3 is 6.09 Å². The molecule has 0 radical (unpaired) electrons. The fraction of sp³-hybridized carbons (Fsp3) is 0.867. The third-order valence-electron chi connectivity index (χ3n) is 3.74. The Labute approximate surface area is 150 Å². The average molecular weight is 378 g/mol. The summed E-state index contributed by atoms with van der Waals surface area (Å²) in [6.45, 7) is 10.0. The number of guanidine groups is 1. The number of amides is 1. The molecule has 0 spiro atoms. The molecule has 9 nitrogen and oxygen atoms in total. The van der Waals surface area contributed by atoms with Crippen LogP contribution >= 0.6 is 0 Å². The van der Waals surface area contributed by atoms with Crippen molar-refractivity contribution in [1.29, 1.82) is 0 Å². The molecule has 0 aromatic rings. The van der Waals surface area contributed by atoms with Crippen molar-refractivity contribution in [2.24, 2.45) is 4.99 Å². The number of hydrogen-bond acceptors (Lipinski definition) is 5. The van der Waals surface area contributed by atoms with E-state index < -0.39 is 10.0 Å². The van der Waals surface area contributed by atoms with Gasteiger partial charge in [-0.2, -0.15) is 0 Å². The van der Waals surface area contributed by atoms with Gasteiger partial charge in [-0.05, 0) is 27.2 Å². The lowest BCUT2D eigenvalue weighted by atomic mass is 10.3. The molecule has 25 heavy (non-hydrogen) atoms. The molecule has 1 rings (SSSR count). The fourth-order valence-corrected chi connectivity index (χ4v) is 2.99. The zero-order valence-corrected chi connectivity index (χ0v) is 16.3. The number of carbonyl (C=O) groups is 1. The number of nitrogens with one attached hydrogen (secondary N) is 2. The molecule has 1 aliphatic rings. The van der Waals surface area contributed by atoms with Gasteiger partial charge in [0.1, 0.15) is 0 Å². The molecule has 1 saturated heterocycles. The minimum atomic E-state index is -3.14. The van der Waals surface area contributed by atoms with Gasteiger partial charge in [0.05, 0.1) is 12.4 Å². The summed E-state index contributed by atoms with van der Waals surface area (Å²) in [5.41, 5.74) is 0. The minimum absolute atomic E-state index is 0.0870. The first-order valence-corrected chi connectivity index (χ1v) is 10.5. The standard InChI is InChI=1S/C15H31N5O4S/c1-4-16-14(17-8-7-9-18-25(22,23)6-3)19-10-12-20(13-11-19)15(21)24-5-2/h18H,4-13H2,1-3H3,(H,16,17). The summed E-state index contributed by atoms with van der Waals surface area (Å²) in [6.07, 6.45) is 0.365. The third-order valence-corrected chi connectivity index (χ3v) is 5.14. The van der Waals surface area contributed by atoms with Gasteiger partial charge < -0.3 is 19.9 Å². The minimum Gasteiger partial charge on any atom is -0.450 e. The van der Waals surface area contributed by atoms with E-state index in [1.165, 1.54) is 0 Å². The molecule has 0 aliphatic carbocycles. The first-order chi connectivity index (χ1) is 11.9. The Morgan fingerprint density at radius 2 is 1.76 bits per heavy atom. The van der Waals surface area contributed by atoms with Gasteiger partial charge in [0.25, 0.3) is 0 Å². The van der Waals surface area contributed by atoms with Crippen molar-refractivity contribution in [1.82, 2.24) is 19.8 Å². The molecule has 1 heterocycles. The second-order valence-corrected chi connectivity index (χ2v) is 7.66. The Morgan fingerprint density at radius 1 is 1.12 bits per heavy atom. The SMILES string of the molecule is CCNC(=NCCCNS(=O)(=O)CC)N1CCN(C(=O)OCC)CC1. The Balaban J connectivity index is 2.44. The molecule has 0 aromatic heterocycles. The van der Waals surface area contributed by atoms with Crippen molar-refractivity contribution in [3.8, 4) is 0 Å². The maximum absolute atomic E-state index is 11.7. The molecule has 1 amide bonds. The van der Waals surface area contributed by atoms with Crippen LogP contribution < -0.4 is 10.0 Å². The topological polar surface area (TPSA) is 103 Å².